The summed E-state index contributed by atoms with van der Waals surface area (Å²) in [7, 11) is 0. The monoisotopic (exact) mass is 679 g/mol. The third kappa shape index (κ3) is 4.99. The van der Waals surface area contributed by atoms with E-state index in [0.29, 0.717) is 0 Å². The van der Waals surface area contributed by atoms with Gasteiger partial charge in [-0.1, -0.05) is 176 Å². The van der Waals surface area contributed by atoms with Crippen molar-refractivity contribution in [3.05, 3.63) is 200 Å². The average Bonchev–Trinajstić information content (AvgIpc) is 3.61. The summed E-state index contributed by atoms with van der Waals surface area (Å²) in [5.74, 6) is 0. The van der Waals surface area contributed by atoms with E-state index in [2.05, 4.69) is 205 Å². The molecule has 0 bridgehead atoms. The molecule has 2 heteroatoms. The summed E-state index contributed by atoms with van der Waals surface area (Å²) in [6.45, 7) is 0. The molecule has 0 aliphatic rings. The maximum Gasteiger partial charge on any atom is 0.0641 e. The number of para-hydroxylation sites is 1. The quantitative estimate of drug-likeness (QED) is 0.158. The first-order valence-electron chi connectivity index (χ1n) is 17.8. The van der Waals surface area contributed by atoms with Gasteiger partial charge in [-0.2, -0.15) is 0 Å². The molecule has 0 amide bonds. The highest BCUT2D eigenvalue weighted by Crippen LogP contribution is 2.53. The Labute approximate surface area is 307 Å². The van der Waals surface area contributed by atoms with Gasteiger partial charge in [-0.15, -0.1) is 11.3 Å². The van der Waals surface area contributed by atoms with Crippen LogP contribution in [0.3, 0.4) is 0 Å². The Balaban J connectivity index is 1.39. The lowest BCUT2D eigenvalue weighted by Gasteiger charge is -2.32. The van der Waals surface area contributed by atoms with E-state index in [1.54, 1.807) is 0 Å². The number of thiophene rings is 1. The second-order valence-corrected chi connectivity index (χ2v) is 14.3. The van der Waals surface area contributed by atoms with Crippen LogP contribution < -0.4 is 4.90 Å². The van der Waals surface area contributed by atoms with E-state index in [9.17, 15) is 0 Å². The lowest BCUT2D eigenvalue weighted by molar-refractivity contribution is 1.32. The van der Waals surface area contributed by atoms with Gasteiger partial charge in [-0.3, -0.25) is 0 Å². The SMILES string of the molecule is c1ccc(-c2cccc(-c3c(N(c4ccccc4-c4ccccc4)c4cccc5c4sc4ccccc45)c4ccccc4c4ccccc34)c2)cc1. The summed E-state index contributed by atoms with van der Waals surface area (Å²) in [6, 6.07) is 73.0. The number of anilines is 3. The Kier molecular flexibility index (Phi) is 7.41. The molecule has 0 N–H and O–H groups in total. The zero-order valence-corrected chi connectivity index (χ0v) is 29.2. The summed E-state index contributed by atoms with van der Waals surface area (Å²) < 4.78 is 2.56. The molecule has 0 radical (unpaired) electrons. The van der Waals surface area contributed by atoms with Gasteiger partial charge >= 0.3 is 0 Å². The molecule has 0 spiro atoms. The number of hydrogen-bond acceptors (Lipinski definition) is 2. The summed E-state index contributed by atoms with van der Waals surface area (Å²) >= 11 is 1.88. The topological polar surface area (TPSA) is 3.24 Å². The number of hydrogen-bond donors (Lipinski definition) is 0. The van der Waals surface area contributed by atoms with Gasteiger partial charge in [-0.05, 0) is 62.7 Å². The molecule has 10 aromatic rings. The fraction of sp³-hybridized carbons (Fsp3) is 0. The first-order chi connectivity index (χ1) is 25.8. The molecule has 0 saturated carbocycles. The van der Waals surface area contributed by atoms with Gasteiger partial charge in [0.25, 0.3) is 0 Å². The molecule has 0 fully saturated rings. The third-order valence-electron chi connectivity index (χ3n) is 10.2. The molecule has 1 aromatic heterocycles. The molecule has 1 nitrogen and oxygen atoms in total. The van der Waals surface area contributed by atoms with Crippen molar-refractivity contribution in [2.45, 2.75) is 0 Å². The molecular weight excluding hydrogens is 647 g/mol. The molecule has 0 saturated heterocycles. The lowest BCUT2D eigenvalue weighted by atomic mass is 9.88. The molecule has 0 aliphatic carbocycles. The zero-order valence-electron chi connectivity index (χ0n) is 28.4. The van der Waals surface area contributed by atoms with Crippen molar-refractivity contribution < 1.29 is 0 Å². The standard InChI is InChI=1S/C50H33NS/c1-3-17-34(18-4-1)36-21-15-22-37(33-36)48-42-27-9-7-24-39(42)40-25-8-10-28-43(40)49(48)51(45-30-13-11-23-38(45)35-19-5-2-6-20-35)46-31-16-29-44-41-26-12-14-32-47(41)52-50(44)46/h1-33H. The normalized spacial score (nSPS) is 11.5. The van der Waals surface area contributed by atoms with Crippen molar-refractivity contribution in [3.63, 3.8) is 0 Å². The van der Waals surface area contributed by atoms with Gasteiger partial charge in [0.2, 0.25) is 0 Å². The van der Waals surface area contributed by atoms with E-state index in [0.717, 1.165) is 5.69 Å². The Morgan fingerprint density at radius 3 is 1.63 bits per heavy atom. The van der Waals surface area contributed by atoms with Crippen LogP contribution in [0.5, 0.6) is 0 Å². The highest BCUT2D eigenvalue weighted by atomic mass is 32.1. The lowest BCUT2D eigenvalue weighted by Crippen LogP contribution is -2.13. The first-order valence-corrected chi connectivity index (χ1v) is 18.6. The largest absolute Gasteiger partial charge is 0.307 e. The molecule has 1 heterocycles. The molecule has 52 heavy (non-hydrogen) atoms. The predicted molar refractivity (Wildman–Crippen MR) is 225 cm³/mol. The van der Waals surface area contributed by atoms with Crippen LogP contribution in [0.4, 0.5) is 17.1 Å². The summed E-state index contributed by atoms with van der Waals surface area (Å²) in [5, 5.41) is 7.49. The number of nitrogens with zero attached hydrogens (tertiary/aromatic N) is 1. The summed E-state index contributed by atoms with van der Waals surface area (Å²) in [5.41, 5.74) is 10.7. The average molecular weight is 680 g/mol. The number of rotatable bonds is 6. The maximum absolute atomic E-state index is 2.57. The summed E-state index contributed by atoms with van der Waals surface area (Å²) in [4.78, 5) is 2.57. The van der Waals surface area contributed by atoms with Crippen LogP contribution in [0.15, 0.2) is 200 Å². The minimum Gasteiger partial charge on any atom is -0.307 e. The van der Waals surface area contributed by atoms with E-state index in [-0.39, 0.29) is 0 Å². The van der Waals surface area contributed by atoms with E-state index in [1.807, 2.05) is 11.3 Å². The third-order valence-corrected chi connectivity index (χ3v) is 11.5. The summed E-state index contributed by atoms with van der Waals surface area (Å²) in [6.07, 6.45) is 0. The molecule has 9 aromatic carbocycles. The minimum atomic E-state index is 1.14. The van der Waals surface area contributed by atoms with Crippen LogP contribution >= 0.6 is 11.3 Å². The van der Waals surface area contributed by atoms with Crippen LogP contribution in [0.25, 0.3) is 75.1 Å². The van der Waals surface area contributed by atoms with Crippen molar-refractivity contribution in [1.82, 2.24) is 0 Å². The fourth-order valence-electron chi connectivity index (χ4n) is 7.94. The van der Waals surface area contributed by atoms with Gasteiger partial charge in [-0.25, -0.2) is 0 Å². The molecule has 0 unspecified atom stereocenters. The van der Waals surface area contributed by atoms with Crippen LogP contribution in [0.2, 0.25) is 0 Å². The van der Waals surface area contributed by atoms with Crippen LogP contribution in [-0.2, 0) is 0 Å². The van der Waals surface area contributed by atoms with Crippen LogP contribution in [0.1, 0.15) is 0 Å². The minimum absolute atomic E-state index is 1.14. The van der Waals surface area contributed by atoms with Crippen molar-refractivity contribution in [2.75, 3.05) is 4.90 Å². The Morgan fingerprint density at radius 1 is 0.327 bits per heavy atom. The Hall–Kier alpha value is -6.48. The van der Waals surface area contributed by atoms with Crippen molar-refractivity contribution in [1.29, 1.82) is 0 Å². The van der Waals surface area contributed by atoms with Gasteiger partial charge in [0.15, 0.2) is 0 Å². The van der Waals surface area contributed by atoms with E-state index in [1.165, 1.54) is 86.5 Å². The first kappa shape index (κ1) is 30.4. The van der Waals surface area contributed by atoms with Gasteiger partial charge < -0.3 is 4.90 Å². The molecule has 0 aliphatic heterocycles. The van der Waals surface area contributed by atoms with E-state index >= 15 is 0 Å². The smallest absolute Gasteiger partial charge is 0.0641 e. The Morgan fingerprint density at radius 2 is 0.846 bits per heavy atom. The zero-order chi connectivity index (χ0) is 34.4. The second-order valence-electron chi connectivity index (χ2n) is 13.2. The van der Waals surface area contributed by atoms with E-state index < -0.39 is 0 Å². The molecule has 10 rings (SSSR count). The van der Waals surface area contributed by atoms with Crippen LogP contribution in [0, 0.1) is 0 Å². The fourth-order valence-corrected chi connectivity index (χ4v) is 9.15. The number of benzene rings is 9. The van der Waals surface area contributed by atoms with Gasteiger partial charge in [0, 0.05) is 32.0 Å². The molecular formula is C50H33NS. The highest BCUT2D eigenvalue weighted by molar-refractivity contribution is 7.26. The van der Waals surface area contributed by atoms with Crippen molar-refractivity contribution >= 4 is 70.1 Å². The molecule has 244 valence electrons. The van der Waals surface area contributed by atoms with Crippen molar-refractivity contribution in [3.8, 4) is 33.4 Å². The van der Waals surface area contributed by atoms with Crippen LogP contribution in [-0.4, -0.2) is 0 Å². The predicted octanol–water partition coefficient (Wildman–Crippen LogP) is 14.8. The second kappa shape index (κ2) is 12.7. The van der Waals surface area contributed by atoms with Crippen molar-refractivity contribution in [2.24, 2.45) is 0 Å². The number of fused-ring (bicyclic) bond motifs is 6. The van der Waals surface area contributed by atoms with Gasteiger partial charge in [0.1, 0.15) is 0 Å². The highest BCUT2D eigenvalue weighted by Gasteiger charge is 2.27. The van der Waals surface area contributed by atoms with E-state index in [4.69, 9.17) is 0 Å². The maximum atomic E-state index is 2.57. The Bertz CT molecular complexity index is 2910. The van der Waals surface area contributed by atoms with Gasteiger partial charge in [0.05, 0.1) is 21.8 Å². The molecule has 0 atom stereocenters.